The summed E-state index contributed by atoms with van der Waals surface area (Å²) in [7, 11) is 0. The Bertz CT molecular complexity index is 594. The maximum absolute atomic E-state index is 13.8. The zero-order valence-electron chi connectivity index (χ0n) is 13.9. The van der Waals surface area contributed by atoms with Crippen molar-refractivity contribution in [2.45, 2.75) is 57.3 Å². The first-order valence-corrected chi connectivity index (χ1v) is 8.95. The minimum absolute atomic E-state index is 0.166. The van der Waals surface area contributed by atoms with Crippen molar-refractivity contribution in [1.82, 2.24) is 0 Å². The van der Waals surface area contributed by atoms with Crippen LogP contribution < -0.4 is 0 Å². The van der Waals surface area contributed by atoms with Gasteiger partial charge in [-0.05, 0) is 48.8 Å². The number of hydrogen-bond donors (Lipinski definition) is 0. The average Bonchev–Trinajstić information content (AvgIpc) is 2.59. The first kappa shape index (κ1) is 16.4. The number of hydrogen-bond acceptors (Lipinski definition) is 0. The van der Waals surface area contributed by atoms with Gasteiger partial charge in [0, 0.05) is 5.41 Å². The van der Waals surface area contributed by atoms with Crippen LogP contribution in [0.25, 0.3) is 0 Å². The molecule has 1 saturated carbocycles. The predicted octanol–water partition coefficient (Wildman–Crippen LogP) is 6.33. The van der Waals surface area contributed by atoms with Gasteiger partial charge in [0.1, 0.15) is 0 Å². The Kier molecular flexibility index (Phi) is 4.99. The lowest BCUT2D eigenvalue weighted by Crippen LogP contribution is -2.36. The summed E-state index contributed by atoms with van der Waals surface area (Å²) in [6.45, 7) is 2.25. The molecule has 1 aromatic carbocycles. The highest BCUT2D eigenvalue weighted by molar-refractivity contribution is 5.37. The van der Waals surface area contributed by atoms with Gasteiger partial charge in [-0.2, -0.15) is 0 Å². The zero-order valence-corrected chi connectivity index (χ0v) is 13.9. The zero-order chi connectivity index (χ0) is 16.3. The van der Waals surface area contributed by atoms with Gasteiger partial charge >= 0.3 is 0 Å². The number of rotatable bonds is 4. The fraction of sp³-hybridized carbons (Fsp3) is 0.524. The summed E-state index contributed by atoms with van der Waals surface area (Å²) < 4.78 is 27.2. The van der Waals surface area contributed by atoms with Gasteiger partial charge in [-0.25, -0.2) is 8.78 Å². The van der Waals surface area contributed by atoms with E-state index in [0.717, 1.165) is 17.9 Å². The molecule has 0 saturated heterocycles. The van der Waals surface area contributed by atoms with Crippen molar-refractivity contribution >= 4 is 0 Å². The van der Waals surface area contributed by atoms with Crippen LogP contribution in [0.5, 0.6) is 0 Å². The molecule has 2 heteroatoms. The van der Waals surface area contributed by atoms with Gasteiger partial charge in [0.05, 0.1) is 0 Å². The van der Waals surface area contributed by atoms with E-state index in [2.05, 4.69) is 31.2 Å². The van der Waals surface area contributed by atoms with E-state index in [1.54, 1.807) is 6.07 Å². The van der Waals surface area contributed by atoms with Crippen molar-refractivity contribution in [3.8, 4) is 0 Å². The summed E-state index contributed by atoms with van der Waals surface area (Å²) >= 11 is 0. The second-order valence-electron chi connectivity index (χ2n) is 7.17. The van der Waals surface area contributed by atoms with Crippen LogP contribution in [0.4, 0.5) is 8.78 Å². The lowest BCUT2D eigenvalue weighted by atomic mass is 9.61. The minimum Gasteiger partial charge on any atom is -0.204 e. The van der Waals surface area contributed by atoms with Crippen LogP contribution in [-0.2, 0) is 5.41 Å². The molecule has 1 fully saturated rings. The molecule has 0 amide bonds. The number of allylic oxidation sites excluding steroid dienone is 4. The molecule has 0 aliphatic heterocycles. The fourth-order valence-electron chi connectivity index (χ4n) is 4.55. The molecular weight excluding hydrogens is 290 g/mol. The summed E-state index contributed by atoms with van der Waals surface area (Å²) in [6.07, 6.45) is 16.9. The summed E-state index contributed by atoms with van der Waals surface area (Å²) in [5.74, 6) is -0.126. The van der Waals surface area contributed by atoms with E-state index in [-0.39, 0.29) is 5.41 Å². The molecule has 124 valence electrons. The normalized spacial score (nSPS) is 30.6. The lowest BCUT2D eigenvalue weighted by Gasteiger charge is -2.43. The Morgan fingerprint density at radius 1 is 1.04 bits per heavy atom. The maximum atomic E-state index is 13.8. The minimum atomic E-state index is -0.758. The van der Waals surface area contributed by atoms with Gasteiger partial charge in [-0.15, -0.1) is 0 Å². The Morgan fingerprint density at radius 2 is 1.83 bits per heavy atom. The molecule has 1 atom stereocenters. The molecule has 0 spiro atoms. The van der Waals surface area contributed by atoms with Crippen LogP contribution in [0.2, 0.25) is 0 Å². The van der Waals surface area contributed by atoms with E-state index in [0.29, 0.717) is 5.92 Å². The first-order valence-electron chi connectivity index (χ1n) is 8.95. The standard InChI is InChI=1S/C21H26F2/c1-2-6-16-7-9-17(10-8-16)21(13-4-3-5-14-21)18-11-12-19(22)20(23)15-18/h3-5,11-13,15-17H,2,6-10,14H2,1H3. The van der Waals surface area contributed by atoms with E-state index in [1.807, 2.05) is 0 Å². The molecule has 0 heterocycles. The Hall–Kier alpha value is -1.44. The molecule has 1 unspecified atom stereocenters. The third-order valence-electron chi connectivity index (χ3n) is 5.83. The van der Waals surface area contributed by atoms with Gasteiger partial charge < -0.3 is 0 Å². The molecular formula is C21H26F2. The molecule has 23 heavy (non-hydrogen) atoms. The molecule has 3 rings (SSSR count). The van der Waals surface area contributed by atoms with E-state index in [1.165, 1.54) is 50.7 Å². The van der Waals surface area contributed by atoms with Crippen molar-refractivity contribution < 1.29 is 8.78 Å². The fourth-order valence-corrected chi connectivity index (χ4v) is 4.55. The molecule has 0 aromatic heterocycles. The van der Waals surface area contributed by atoms with Crippen LogP contribution in [0, 0.1) is 23.5 Å². The van der Waals surface area contributed by atoms with Gasteiger partial charge in [-0.1, -0.05) is 63.0 Å². The summed E-state index contributed by atoms with van der Waals surface area (Å²) in [5, 5.41) is 0. The van der Waals surface area contributed by atoms with Crippen molar-refractivity contribution in [2.24, 2.45) is 11.8 Å². The molecule has 2 aliphatic carbocycles. The monoisotopic (exact) mass is 316 g/mol. The molecule has 2 aliphatic rings. The first-order chi connectivity index (χ1) is 11.2. The van der Waals surface area contributed by atoms with Crippen molar-refractivity contribution in [3.05, 3.63) is 59.7 Å². The van der Waals surface area contributed by atoms with Crippen molar-refractivity contribution in [1.29, 1.82) is 0 Å². The van der Waals surface area contributed by atoms with Crippen molar-refractivity contribution in [2.75, 3.05) is 0 Å². The number of benzene rings is 1. The molecule has 1 aromatic rings. The van der Waals surface area contributed by atoms with E-state index in [4.69, 9.17) is 0 Å². The van der Waals surface area contributed by atoms with Crippen LogP contribution >= 0.6 is 0 Å². The van der Waals surface area contributed by atoms with Crippen LogP contribution in [0.1, 0.15) is 57.4 Å². The molecule has 0 nitrogen and oxygen atoms in total. The van der Waals surface area contributed by atoms with Gasteiger partial charge in [-0.3, -0.25) is 0 Å². The van der Waals surface area contributed by atoms with Gasteiger partial charge in [0.2, 0.25) is 0 Å². The lowest BCUT2D eigenvalue weighted by molar-refractivity contribution is 0.194. The highest BCUT2D eigenvalue weighted by Gasteiger charge is 2.40. The largest absolute Gasteiger partial charge is 0.204 e. The van der Waals surface area contributed by atoms with Gasteiger partial charge in [0.15, 0.2) is 11.6 Å². The van der Waals surface area contributed by atoms with E-state index < -0.39 is 11.6 Å². The highest BCUT2D eigenvalue weighted by Crippen LogP contribution is 2.47. The van der Waals surface area contributed by atoms with Crippen LogP contribution in [-0.4, -0.2) is 0 Å². The Balaban J connectivity index is 1.87. The molecule has 0 bridgehead atoms. The van der Waals surface area contributed by atoms with Crippen LogP contribution in [0.3, 0.4) is 0 Å². The Morgan fingerprint density at radius 3 is 2.43 bits per heavy atom. The van der Waals surface area contributed by atoms with Gasteiger partial charge in [0.25, 0.3) is 0 Å². The topological polar surface area (TPSA) is 0 Å². The second-order valence-corrected chi connectivity index (χ2v) is 7.17. The maximum Gasteiger partial charge on any atom is 0.159 e. The highest BCUT2D eigenvalue weighted by atomic mass is 19.2. The van der Waals surface area contributed by atoms with Crippen molar-refractivity contribution in [3.63, 3.8) is 0 Å². The third kappa shape index (κ3) is 3.27. The Labute approximate surface area is 138 Å². The molecule has 0 radical (unpaired) electrons. The average molecular weight is 316 g/mol. The summed E-state index contributed by atoms with van der Waals surface area (Å²) in [5.41, 5.74) is 0.761. The van der Waals surface area contributed by atoms with E-state index in [9.17, 15) is 8.78 Å². The molecule has 0 N–H and O–H groups in total. The quantitative estimate of drug-likeness (QED) is 0.609. The van der Waals surface area contributed by atoms with Crippen LogP contribution in [0.15, 0.2) is 42.5 Å². The van der Waals surface area contributed by atoms with E-state index >= 15 is 0 Å². The smallest absolute Gasteiger partial charge is 0.159 e. The predicted molar refractivity (Wildman–Crippen MR) is 91.3 cm³/mol. The SMILES string of the molecule is CCCC1CCC(C2(c3ccc(F)c(F)c3)C=CC=CC2)CC1. The summed E-state index contributed by atoms with van der Waals surface area (Å²) in [4.78, 5) is 0. The third-order valence-corrected chi connectivity index (χ3v) is 5.83. The summed E-state index contributed by atoms with van der Waals surface area (Å²) in [6, 6.07) is 4.47. The number of halogens is 2. The second kappa shape index (κ2) is 6.98.